The first-order chi connectivity index (χ1) is 8.13. The van der Waals surface area contributed by atoms with E-state index in [0.29, 0.717) is 0 Å². The minimum Gasteiger partial charge on any atom is -0.480 e. The van der Waals surface area contributed by atoms with E-state index in [0.717, 1.165) is 4.90 Å². The highest BCUT2D eigenvalue weighted by Gasteiger charge is 2.18. The third kappa shape index (κ3) is 4.83. The van der Waals surface area contributed by atoms with Crippen LogP contribution in [-0.2, 0) is 9.59 Å². The van der Waals surface area contributed by atoms with Gasteiger partial charge in [0.25, 0.3) is 0 Å². The Labute approximate surface area is 102 Å². The van der Waals surface area contributed by atoms with Crippen molar-refractivity contribution in [1.82, 2.24) is 10.3 Å². The molecule has 0 radical (unpaired) electrons. The molecule has 0 aliphatic carbocycles. The summed E-state index contributed by atoms with van der Waals surface area (Å²) >= 11 is 1.27. The number of pyridine rings is 1. The average molecular weight is 256 g/mol. The molecule has 0 aliphatic heterocycles. The summed E-state index contributed by atoms with van der Waals surface area (Å²) in [4.78, 5) is 26.6. The number of hydrogen-bond acceptors (Lipinski definition) is 5. The third-order valence-corrected chi connectivity index (χ3v) is 2.85. The van der Waals surface area contributed by atoms with Gasteiger partial charge in [0.05, 0.1) is 12.4 Å². The van der Waals surface area contributed by atoms with Crippen LogP contribution in [0, 0.1) is 0 Å². The molecule has 1 atom stereocenters. The number of amides is 1. The van der Waals surface area contributed by atoms with E-state index in [9.17, 15) is 9.59 Å². The predicted octanol–water partition coefficient (Wildman–Crippen LogP) is -0.265. The fourth-order valence-corrected chi connectivity index (χ4v) is 1.70. The first kappa shape index (κ1) is 13.5. The minimum absolute atomic E-state index is 0.0911. The molecule has 92 valence electrons. The van der Waals surface area contributed by atoms with E-state index in [4.69, 9.17) is 10.2 Å². The average Bonchev–Trinajstić information content (AvgIpc) is 2.34. The van der Waals surface area contributed by atoms with E-state index in [2.05, 4.69) is 10.3 Å². The highest BCUT2D eigenvalue weighted by Crippen LogP contribution is 2.15. The molecule has 1 amide bonds. The number of aliphatic hydroxyl groups is 1. The molecule has 0 unspecified atom stereocenters. The molecule has 1 rings (SSSR count). The maximum absolute atomic E-state index is 11.4. The second-order valence-corrected chi connectivity index (χ2v) is 4.16. The molecule has 0 aliphatic rings. The molecule has 6 nitrogen and oxygen atoms in total. The largest absolute Gasteiger partial charge is 0.480 e. The van der Waals surface area contributed by atoms with Gasteiger partial charge < -0.3 is 15.5 Å². The minimum atomic E-state index is -1.25. The van der Waals surface area contributed by atoms with Crippen LogP contribution < -0.4 is 5.32 Å². The Balaban J connectivity index is 2.37. The predicted molar refractivity (Wildman–Crippen MR) is 61.6 cm³/mol. The first-order valence-electron chi connectivity index (χ1n) is 4.79. The van der Waals surface area contributed by atoms with Crippen molar-refractivity contribution in [3.05, 3.63) is 24.5 Å². The first-order valence-corrected chi connectivity index (χ1v) is 5.78. The molecule has 1 heterocycles. The van der Waals surface area contributed by atoms with E-state index in [-0.39, 0.29) is 5.75 Å². The van der Waals surface area contributed by atoms with Gasteiger partial charge in [-0.1, -0.05) is 0 Å². The van der Waals surface area contributed by atoms with E-state index >= 15 is 0 Å². The Morgan fingerprint density at radius 3 is 2.59 bits per heavy atom. The second-order valence-electron chi connectivity index (χ2n) is 3.11. The van der Waals surface area contributed by atoms with E-state index in [1.54, 1.807) is 24.5 Å². The molecule has 1 aromatic rings. The lowest BCUT2D eigenvalue weighted by atomic mass is 10.3. The lowest BCUT2D eigenvalue weighted by Gasteiger charge is -2.11. The maximum Gasteiger partial charge on any atom is 0.328 e. The summed E-state index contributed by atoms with van der Waals surface area (Å²) in [6.45, 7) is -0.624. The summed E-state index contributed by atoms with van der Waals surface area (Å²) in [6, 6.07) is 2.25. The van der Waals surface area contributed by atoms with Gasteiger partial charge >= 0.3 is 5.97 Å². The summed E-state index contributed by atoms with van der Waals surface area (Å²) in [5, 5.41) is 19.5. The number of nitrogens with one attached hydrogen (secondary N) is 1. The molecule has 1 aromatic heterocycles. The number of carbonyl (C=O) groups excluding carboxylic acids is 1. The highest BCUT2D eigenvalue weighted by atomic mass is 32.2. The van der Waals surface area contributed by atoms with Crippen LogP contribution in [-0.4, -0.2) is 45.5 Å². The quantitative estimate of drug-likeness (QED) is 0.606. The molecule has 0 saturated carbocycles. The topological polar surface area (TPSA) is 99.5 Å². The SMILES string of the molecule is O=C(CSc1ccncc1)N[C@H](CO)C(=O)O. The van der Waals surface area contributed by atoms with Crippen molar-refractivity contribution in [2.24, 2.45) is 0 Å². The second kappa shape index (κ2) is 6.87. The number of thioether (sulfide) groups is 1. The van der Waals surface area contributed by atoms with Gasteiger partial charge in [-0.2, -0.15) is 0 Å². The van der Waals surface area contributed by atoms with Crippen LogP contribution in [0.4, 0.5) is 0 Å². The van der Waals surface area contributed by atoms with Gasteiger partial charge in [-0.05, 0) is 12.1 Å². The summed E-state index contributed by atoms with van der Waals surface area (Å²) in [7, 11) is 0. The van der Waals surface area contributed by atoms with Crippen molar-refractivity contribution < 1.29 is 19.8 Å². The molecule has 0 bridgehead atoms. The zero-order chi connectivity index (χ0) is 12.7. The van der Waals surface area contributed by atoms with Crippen LogP contribution in [0.2, 0.25) is 0 Å². The van der Waals surface area contributed by atoms with Crippen LogP contribution in [0.5, 0.6) is 0 Å². The van der Waals surface area contributed by atoms with Crippen molar-refractivity contribution >= 4 is 23.6 Å². The molecule has 3 N–H and O–H groups in total. The lowest BCUT2D eigenvalue weighted by molar-refractivity contribution is -0.142. The molecule has 7 heteroatoms. The van der Waals surface area contributed by atoms with Crippen molar-refractivity contribution in [1.29, 1.82) is 0 Å². The monoisotopic (exact) mass is 256 g/mol. The van der Waals surface area contributed by atoms with Crippen LogP contribution in [0.25, 0.3) is 0 Å². The standard InChI is InChI=1S/C10H12N2O4S/c13-5-8(10(15)16)12-9(14)6-17-7-1-3-11-4-2-7/h1-4,8,13H,5-6H2,(H,12,14)(H,15,16)/t8-/m1/s1. The number of aromatic nitrogens is 1. The van der Waals surface area contributed by atoms with Gasteiger partial charge in [0.15, 0.2) is 0 Å². The van der Waals surface area contributed by atoms with Gasteiger partial charge in [-0.25, -0.2) is 4.79 Å². The number of carbonyl (C=O) groups is 2. The number of aliphatic carboxylic acids is 1. The Morgan fingerprint density at radius 1 is 1.41 bits per heavy atom. The zero-order valence-corrected chi connectivity index (χ0v) is 9.68. The van der Waals surface area contributed by atoms with Gasteiger partial charge in [0.2, 0.25) is 5.91 Å². The molecule has 0 saturated heterocycles. The number of nitrogens with zero attached hydrogens (tertiary/aromatic N) is 1. The van der Waals surface area contributed by atoms with Crippen molar-refractivity contribution in [2.75, 3.05) is 12.4 Å². The summed E-state index contributed by atoms with van der Waals surface area (Å²) < 4.78 is 0. The van der Waals surface area contributed by atoms with Crippen molar-refractivity contribution in [2.45, 2.75) is 10.9 Å². The number of rotatable bonds is 6. The summed E-state index contributed by atoms with van der Waals surface area (Å²) in [5.74, 6) is -1.60. The molecular formula is C10H12N2O4S. The molecule has 0 aromatic carbocycles. The fourth-order valence-electron chi connectivity index (χ4n) is 1.00. The van der Waals surface area contributed by atoms with Gasteiger partial charge in [-0.3, -0.25) is 9.78 Å². The lowest BCUT2D eigenvalue weighted by Crippen LogP contribution is -2.44. The molecule has 0 spiro atoms. The van der Waals surface area contributed by atoms with Gasteiger partial charge in [0, 0.05) is 17.3 Å². The van der Waals surface area contributed by atoms with Crippen LogP contribution in [0.1, 0.15) is 0 Å². The van der Waals surface area contributed by atoms with Crippen LogP contribution in [0.15, 0.2) is 29.4 Å². The smallest absolute Gasteiger partial charge is 0.328 e. The van der Waals surface area contributed by atoms with Gasteiger partial charge in [0.1, 0.15) is 6.04 Å². The Morgan fingerprint density at radius 2 is 2.06 bits per heavy atom. The highest BCUT2D eigenvalue weighted by molar-refractivity contribution is 8.00. The Hall–Kier alpha value is -1.60. The fraction of sp³-hybridized carbons (Fsp3) is 0.300. The Kier molecular flexibility index (Phi) is 5.44. The molecular weight excluding hydrogens is 244 g/mol. The summed E-state index contributed by atoms with van der Waals surface area (Å²) in [5.41, 5.74) is 0. The van der Waals surface area contributed by atoms with Crippen LogP contribution in [0.3, 0.4) is 0 Å². The normalized spacial score (nSPS) is 11.8. The third-order valence-electron chi connectivity index (χ3n) is 1.84. The van der Waals surface area contributed by atoms with Crippen molar-refractivity contribution in [3.63, 3.8) is 0 Å². The van der Waals surface area contributed by atoms with Crippen LogP contribution >= 0.6 is 11.8 Å². The number of carboxylic acid groups (broad SMARTS) is 1. The molecule has 17 heavy (non-hydrogen) atoms. The number of carboxylic acids is 1. The van der Waals surface area contributed by atoms with E-state index in [1.165, 1.54) is 11.8 Å². The molecule has 0 fully saturated rings. The Bertz CT molecular complexity index is 385. The zero-order valence-electron chi connectivity index (χ0n) is 8.87. The number of hydrogen-bond donors (Lipinski definition) is 3. The van der Waals surface area contributed by atoms with Crippen molar-refractivity contribution in [3.8, 4) is 0 Å². The summed E-state index contributed by atoms with van der Waals surface area (Å²) in [6.07, 6.45) is 3.21. The maximum atomic E-state index is 11.4. The number of aliphatic hydroxyl groups excluding tert-OH is 1. The van der Waals surface area contributed by atoms with Gasteiger partial charge in [-0.15, -0.1) is 11.8 Å². The van der Waals surface area contributed by atoms with E-state index < -0.39 is 24.5 Å². The van der Waals surface area contributed by atoms with E-state index in [1.807, 2.05) is 0 Å².